The molecule has 0 unspecified atom stereocenters. The maximum atomic E-state index is 11.7. The summed E-state index contributed by atoms with van der Waals surface area (Å²) in [5.74, 6) is -0.0579. The van der Waals surface area contributed by atoms with Crippen molar-refractivity contribution in [2.75, 3.05) is 38.8 Å². The molecule has 0 saturated heterocycles. The van der Waals surface area contributed by atoms with Gasteiger partial charge in [-0.2, -0.15) is 0 Å². The molecule has 0 heterocycles. The normalized spacial score (nSPS) is 10.3. The van der Waals surface area contributed by atoms with Crippen LogP contribution in [0.25, 0.3) is 0 Å². The van der Waals surface area contributed by atoms with Crippen molar-refractivity contribution in [1.29, 1.82) is 0 Å². The molecule has 1 aromatic carbocycles. The lowest BCUT2D eigenvalue weighted by Crippen LogP contribution is -2.37. The average Bonchev–Trinajstić information content (AvgIpc) is 2.38. The number of likely N-dealkylation sites (N-methyl/N-ethyl adjacent to an activating group) is 1. The summed E-state index contributed by atoms with van der Waals surface area (Å²) in [6, 6.07) is 5.47. The van der Waals surface area contributed by atoms with E-state index in [1.807, 2.05) is 24.1 Å². The molecular formula is C13H20ClN3O2. The molecule has 0 aliphatic carbocycles. The van der Waals surface area contributed by atoms with Crippen LogP contribution in [0.15, 0.2) is 18.2 Å². The average molecular weight is 286 g/mol. The third-order valence-corrected chi connectivity index (χ3v) is 2.92. The summed E-state index contributed by atoms with van der Waals surface area (Å²) in [4.78, 5) is 13.6. The maximum absolute atomic E-state index is 11.7. The molecule has 0 aliphatic heterocycles. The zero-order chi connectivity index (χ0) is 14.3. The highest BCUT2D eigenvalue weighted by Crippen LogP contribution is 2.22. The van der Waals surface area contributed by atoms with E-state index < -0.39 is 0 Å². The summed E-state index contributed by atoms with van der Waals surface area (Å²) in [6.45, 7) is 1.65. The third kappa shape index (κ3) is 5.06. The summed E-state index contributed by atoms with van der Waals surface area (Å²) < 4.78 is 4.87. The number of ether oxygens (including phenoxy) is 1. The predicted octanol–water partition coefficient (Wildman–Crippen LogP) is 0.997. The van der Waals surface area contributed by atoms with Crippen LogP contribution in [0.3, 0.4) is 0 Å². The van der Waals surface area contributed by atoms with Gasteiger partial charge in [0.2, 0.25) is 5.91 Å². The van der Waals surface area contributed by atoms with E-state index in [1.54, 1.807) is 13.2 Å². The Labute approximate surface area is 118 Å². The molecule has 0 fully saturated rings. The van der Waals surface area contributed by atoms with Gasteiger partial charge >= 0.3 is 0 Å². The van der Waals surface area contributed by atoms with Crippen molar-refractivity contribution in [3.05, 3.63) is 28.8 Å². The minimum Gasteiger partial charge on any atom is -0.383 e. The van der Waals surface area contributed by atoms with E-state index in [-0.39, 0.29) is 12.5 Å². The number of rotatable bonds is 7. The number of hydrogen-bond donors (Lipinski definition) is 2. The molecule has 6 heteroatoms. The Morgan fingerprint density at radius 1 is 1.53 bits per heavy atom. The van der Waals surface area contributed by atoms with Crippen molar-refractivity contribution in [2.24, 2.45) is 5.73 Å². The molecule has 1 aromatic rings. The Kier molecular flexibility index (Phi) is 6.62. The van der Waals surface area contributed by atoms with Crippen molar-refractivity contribution in [3.63, 3.8) is 0 Å². The Morgan fingerprint density at radius 3 is 2.89 bits per heavy atom. The van der Waals surface area contributed by atoms with Gasteiger partial charge in [-0.25, -0.2) is 0 Å². The van der Waals surface area contributed by atoms with Gasteiger partial charge in [0.25, 0.3) is 0 Å². The van der Waals surface area contributed by atoms with E-state index in [2.05, 4.69) is 5.32 Å². The molecule has 0 atom stereocenters. The molecule has 19 heavy (non-hydrogen) atoms. The van der Waals surface area contributed by atoms with E-state index in [0.717, 1.165) is 11.3 Å². The third-order valence-electron chi connectivity index (χ3n) is 2.68. The van der Waals surface area contributed by atoms with Crippen LogP contribution < -0.4 is 16.0 Å². The summed E-state index contributed by atoms with van der Waals surface area (Å²) in [7, 11) is 3.44. The molecule has 1 rings (SSSR count). The Bertz CT molecular complexity index is 426. The number of nitrogens with two attached hydrogens (primary N) is 1. The number of amides is 1. The second-order valence-electron chi connectivity index (χ2n) is 4.18. The van der Waals surface area contributed by atoms with Crippen molar-refractivity contribution >= 4 is 23.2 Å². The summed E-state index contributed by atoms with van der Waals surface area (Å²) in [6.07, 6.45) is 0. The van der Waals surface area contributed by atoms with Crippen molar-refractivity contribution < 1.29 is 9.53 Å². The lowest BCUT2D eigenvalue weighted by atomic mass is 10.1. The lowest BCUT2D eigenvalue weighted by Gasteiger charge is -2.21. The number of anilines is 1. The summed E-state index contributed by atoms with van der Waals surface area (Å²) >= 11 is 5.92. The van der Waals surface area contributed by atoms with Crippen molar-refractivity contribution in [2.45, 2.75) is 6.54 Å². The lowest BCUT2D eigenvalue weighted by molar-refractivity contribution is -0.119. The number of nitrogens with zero attached hydrogens (tertiary/aromatic N) is 1. The number of nitrogens with one attached hydrogen (secondary N) is 1. The van der Waals surface area contributed by atoms with Crippen molar-refractivity contribution in [3.8, 4) is 0 Å². The number of methoxy groups -OCH3 is 1. The van der Waals surface area contributed by atoms with Crippen LogP contribution in [0, 0.1) is 0 Å². The quantitative estimate of drug-likeness (QED) is 0.734. The van der Waals surface area contributed by atoms with Gasteiger partial charge in [-0.3, -0.25) is 4.79 Å². The first-order chi connectivity index (χ1) is 9.08. The molecule has 0 saturated carbocycles. The first kappa shape index (κ1) is 15.8. The van der Waals surface area contributed by atoms with Crippen molar-refractivity contribution in [1.82, 2.24) is 5.32 Å². The molecule has 0 bridgehead atoms. The van der Waals surface area contributed by atoms with E-state index in [0.29, 0.717) is 24.7 Å². The second-order valence-corrected chi connectivity index (χ2v) is 4.61. The summed E-state index contributed by atoms with van der Waals surface area (Å²) in [5.41, 5.74) is 7.51. The highest BCUT2D eigenvalue weighted by Gasteiger charge is 2.10. The fourth-order valence-electron chi connectivity index (χ4n) is 1.74. The zero-order valence-corrected chi connectivity index (χ0v) is 12.0. The molecule has 0 spiro atoms. The fourth-order valence-corrected chi connectivity index (χ4v) is 1.93. The topological polar surface area (TPSA) is 67.6 Å². The second kappa shape index (κ2) is 7.99. The van der Waals surface area contributed by atoms with Crippen LogP contribution in [0.4, 0.5) is 5.69 Å². The zero-order valence-electron chi connectivity index (χ0n) is 11.3. The number of benzene rings is 1. The Balaban J connectivity index is 2.62. The maximum Gasteiger partial charge on any atom is 0.239 e. The smallest absolute Gasteiger partial charge is 0.239 e. The van der Waals surface area contributed by atoms with Gasteiger partial charge in [0.05, 0.1) is 13.2 Å². The van der Waals surface area contributed by atoms with Crippen LogP contribution in [-0.2, 0) is 16.1 Å². The molecular weight excluding hydrogens is 266 g/mol. The van der Waals surface area contributed by atoms with Crippen LogP contribution in [-0.4, -0.2) is 39.8 Å². The van der Waals surface area contributed by atoms with Gasteiger partial charge in [-0.1, -0.05) is 11.6 Å². The molecule has 0 aliphatic rings. The van der Waals surface area contributed by atoms with Gasteiger partial charge in [0, 0.05) is 38.0 Å². The largest absolute Gasteiger partial charge is 0.383 e. The SMILES string of the molecule is COCCNC(=O)CN(C)c1ccc(Cl)cc1CN. The fraction of sp³-hybridized carbons (Fsp3) is 0.462. The van der Waals surface area contributed by atoms with Crippen LogP contribution >= 0.6 is 11.6 Å². The molecule has 0 aromatic heterocycles. The first-order valence-electron chi connectivity index (χ1n) is 6.03. The summed E-state index contributed by atoms with van der Waals surface area (Å²) in [5, 5.41) is 3.41. The Hall–Kier alpha value is -1.30. The number of hydrogen-bond acceptors (Lipinski definition) is 4. The van der Waals surface area contributed by atoms with Gasteiger partial charge in [0.15, 0.2) is 0 Å². The van der Waals surface area contributed by atoms with Gasteiger partial charge in [-0.15, -0.1) is 0 Å². The molecule has 1 amide bonds. The molecule has 0 radical (unpaired) electrons. The van der Waals surface area contributed by atoms with E-state index in [9.17, 15) is 4.79 Å². The molecule has 5 nitrogen and oxygen atoms in total. The van der Waals surface area contributed by atoms with Crippen LogP contribution in [0.1, 0.15) is 5.56 Å². The van der Waals surface area contributed by atoms with E-state index in [4.69, 9.17) is 22.1 Å². The standard InChI is InChI=1S/C13H20ClN3O2/c1-17(9-13(18)16-5-6-19-2)12-4-3-11(14)7-10(12)8-15/h3-4,7H,5-6,8-9,15H2,1-2H3,(H,16,18). The predicted molar refractivity (Wildman–Crippen MR) is 77.5 cm³/mol. The van der Waals surface area contributed by atoms with Crippen LogP contribution in [0.5, 0.6) is 0 Å². The van der Waals surface area contributed by atoms with E-state index in [1.165, 1.54) is 0 Å². The highest BCUT2D eigenvalue weighted by molar-refractivity contribution is 6.30. The van der Waals surface area contributed by atoms with Crippen LogP contribution in [0.2, 0.25) is 5.02 Å². The first-order valence-corrected chi connectivity index (χ1v) is 6.41. The van der Waals surface area contributed by atoms with E-state index >= 15 is 0 Å². The minimum atomic E-state index is -0.0579. The van der Waals surface area contributed by atoms with Gasteiger partial charge in [0.1, 0.15) is 0 Å². The minimum absolute atomic E-state index is 0.0579. The number of carbonyl (C=O) groups excluding carboxylic acids is 1. The van der Waals surface area contributed by atoms with Gasteiger partial charge < -0.3 is 20.7 Å². The highest BCUT2D eigenvalue weighted by atomic mass is 35.5. The number of carbonyl (C=O) groups is 1. The molecule has 3 N–H and O–H groups in total. The molecule has 106 valence electrons. The number of halogens is 1. The van der Waals surface area contributed by atoms with Gasteiger partial charge in [-0.05, 0) is 23.8 Å². The monoisotopic (exact) mass is 285 g/mol. The Morgan fingerprint density at radius 2 is 2.26 bits per heavy atom.